The van der Waals surface area contributed by atoms with Crippen molar-refractivity contribution in [3.05, 3.63) is 93.1 Å². The maximum absolute atomic E-state index is 12.9. The van der Waals surface area contributed by atoms with Crippen molar-refractivity contribution in [3.63, 3.8) is 0 Å². The Balaban J connectivity index is 1.65. The molecule has 0 bridgehead atoms. The molecule has 0 amide bonds. The highest BCUT2D eigenvalue weighted by Crippen LogP contribution is 2.31. The van der Waals surface area contributed by atoms with Gasteiger partial charge in [0.05, 0.1) is 10.9 Å². The Morgan fingerprint density at radius 1 is 0.967 bits per heavy atom. The SMILES string of the molecule is CCn1c(SCc2cc(=O)oc3ccc4ccccc4c23)nc2ccccc2c1=O. The van der Waals surface area contributed by atoms with E-state index in [-0.39, 0.29) is 11.2 Å². The molecule has 0 radical (unpaired) electrons. The van der Waals surface area contributed by atoms with Gasteiger partial charge in [0.2, 0.25) is 0 Å². The van der Waals surface area contributed by atoms with Gasteiger partial charge in [0.1, 0.15) is 5.58 Å². The number of fused-ring (bicyclic) bond motifs is 4. The van der Waals surface area contributed by atoms with E-state index in [0.29, 0.717) is 33.9 Å². The molecule has 0 aliphatic carbocycles. The highest BCUT2D eigenvalue weighted by molar-refractivity contribution is 7.98. The lowest BCUT2D eigenvalue weighted by atomic mass is 10.0. The van der Waals surface area contributed by atoms with Gasteiger partial charge in [-0.05, 0) is 41.5 Å². The van der Waals surface area contributed by atoms with Crippen LogP contribution in [0.15, 0.2) is 85.9 Å². The van der Waals surface area contributed by atoms with E-state index in [9.17, 15) is 9.59 Å². The van der Waals surface area contributed by atoms with Crippen LogP contribution in [0.5, 0.6) is 0 Å². The molecule has 0 aliphatic rings. The van der Waals surface area contributed by atoms with Crippen LogP contribution in [-0.4, -0.2) is 9.55 Å². The molecule has 0 unspecified atom stereocenters. The van der Waals surface area contributed by atoms with Crippen molar-refractivity contribution in [2.75, 3.05) is 0 Å². The maximum Gasteiger partial charge on any atom is 0.336 e. The Bertz CT molecular complexity index is 1540. The van der Waals surface area contributed by atoms with E-state index in [1.54, 1.807) is 10.6 Å². The molecule has 2 heterocycles. The van der Waals surface area contributed by atoms with Gasteiger partial charge in [-0.25, -0.2) is 9.78 Å². The fraction of sp³-hybridized carbons (Fsp3) is 0.125. The molecule has 6 heteroatoms. The molecular weight excluding hydrogens is 396 g/mol. The smallest absolute Gasteiger partial charge is 0.336 e. The van der Waals surface area contributed by atoms with Gasteiger partial charge >= 0.3 is 5.63 Å². The van der Waals surface area contributed by atoms with Crippen molar-refractivity contribution in [2.45, 2.75) is 24.4 Å². The first-order valence-electron chi connectivity index (χ1n) is 9.72. The minimum Gasteiger partial charge on any atom is -0.423 e. The van der Waals surface area contributed by atoms with E-state index in [4.69, 9.17) is 9.40 Å². The number of para-hydroxylation sites is 1. The van der Waals surface area contributed by atoms with Gasteiger partial charge in [0.15, 0.2) is 5.16 Å². The van der Waals surface area contributed by atoms with Crippen LogP contribution in [0.25, 0.3) is 32.6 Å². The average Bonchev–Trinajstić information content (AvgIpc) is 2.77. The fourth-order valence-corrected chi connectivity index (χ4v) is 4.86. The van der Waals surface area contributed by atoms with Crippen LogP contribution in [0.2, 0.25) is 0 Å². The summed E-state index contributed by atoms with van der Waals surface area (Å²) in [5.41, 5.74) is 1.68. The second-order valence-corrected chi connectivity index (χ2v) is 7.94. The summed E-state index contributed by atoms with van der Waals surface area (Å²) in [7, 11) is 0. The van der Waals surface area contributed by atoms with E-state index >= 15 is 0 Å². The topological polar surface area (TPSA) is 65.1 Å². The normalized spacial score (nSPS) is 11.5. The summed E-state index contributed by atoms with van der Waals surface area (Å²) in [5, 5.41) is 4.29. The van der Waals surface area contributed by atoms with Crippen molar-refractivity contribution < 1.29 is 4.42 Å². The Hall–Kier alpha value is -3.38. The summed E-state index contributed by atoms with van der Waals surface area (Å²) in [4.78, 5) is 29.7. The Labute approximate surface area is 176 Å². The zero-order chi connectivity index (χ0) is 20.7. The third kappa shape index (κ3) is 3.09. The van der Waals surface area contributed by atoms with Gasteiger partial charge in [0, 0.05) is 23.8 Å². The van der Waals surface area contributed by atoms with Crippen LogP contribution in [-0.2, 0) is 12.3 Å². The summed E-state index contributed by atoms with van der Waals surface area (Å²) >= 11 is 1.46. The molecular formula is C24H18N2O3S. The summed E-state index contributed by atoms with van der Waals surface area (Å²) in [6.07, 6.45) is 0. The number of hydrogen-bond donors (Lipinski definition) is 0. The lowest BCUT2D eigenvalue weighted by molar-refractivity contribution is 0.560. The molecule has 5 aromatic rings. The van der Waals surface area contributed by atoms with E-state index in [0.717, 1.165) is 21.7 Å². The molecule has 0 fully saturated rings. The van der Waals surface area contributed by atoms with Crippen molar-refractivity contribution >= 4 is 44.4 Å². The fourth-order valence-electron chi connectivity index (χ4n) is 3.81. The molecule has 5 nitrogen and oxygen atoms in total. The van der Waals surface area contributed by atoms with Crippen molar-refractivity contribution in [1.82, 2.24) is 9.55 Å². The Kier molecular flexibility index (Phi) is 4.64. The predicted octanol–water partition coefficient (Wildman–Crippen LogP) is 4.97. The number of aromatic nitrogens is 2. The van der Waals surface area contributed by atoms with E-state index in [2.05, 4.69) is 0 Å². The summed E-state index contributed by atoms with van der Waals surface area (Å²) in [5.74, 6) is 0.501. The minimum absolute atomic E-state index is 0.0477. The molecule has 3 aromatic carbocycles. The number of thioether (sulfide) groups is 1. The highest BCUT2D eigenvalue weighted by atomic mass is 32.2. The van der Waals surface area contributed by atoms with Gasteiger partial charge in [-0.1, -0.05) is 54.2 Å². The molecule has 0 saturated heterocycles. The molecule has 0 spiro atoms. The molecule has 148 valence electrons. The first-order valence-corrected chi connectivity index (χ1v) is 10.7. The average molecular weight is 414 g/mol. The zero-order valence-corrected chi connectivity index (χ0v) is 17.1. The molecule has 30 heavy (non-hydrogen) atoms. The summed E-state index contributed by atoms with van der Waals surface area (Å²) in [6.45, 7) is 2.46. The lowest BCUT2D eigenvalue weighted by Gasteiger charge is -2.12. The third-order valence-corrected chi connectivity index (χ3v) is 6.24. The van der Waals surface area contributed by atoms with E-state index < -0.39 is 0 Å². The molecule has 0 atom stereocenters. The van der Waals surface area contributed by atoms with Crippen LogP contribution >= 0.6 is 11.8 Å². The van der Waals surface area contributed by atoms with Crippen LogP contribution in [0, 0.1) is 0 Å². The Morgan fingerprint density at radius 2 is 1.73 bits per heavy atom. The van der Waals surface area contributed by atoms with Crippen LogP contribution in [0.3, 0.4) is 0 Å². The molecule has 2 aromatic heterocycles. The molecule has 0 N–H and O–H groups in total. The maximum atomic E-state index is 12.9. The van der Waals surface area contributed by atoms with E-state index in [1.807, 2.05) is 61.5 Å². The third-order valence-electron chi connectivity index (χ3n) is 5.21. The summed E-state index contributed by atoms with van der Waals surface area (Å²) < 4.78 is 7.13. The molecule has 0 saturated carbocycles. The second-order valence-electron chi connectivity index (χ2n) is 7.00. The monoisotopic (exact) mass is 414 g/mol. The van der Waals surface area contributed by atoms with Crippen molar-refractivity contribution in [2.24, 2.45) is 0 Å². The summed E-state index contributed by atoms with van der Waals surface area (Å²) in [6, 6.07) is 20.7. The Morgan fingerprint density at radius 3 is 2.57 bits per heavy atom. The predicted molar refractivity (Wildman–Crippen MR) is 121 cm³/mol. The van der Waals surface area contributed by atoms with Crippen molar-refractivity contribution in [1.29, 1.82) is 0 Å². The van der Waals surface area contributed by atoms with Crippen molar-refractivity contribution in [3.8, 4) is 0 Å². The second kappa shape index (κ2) is 7.46. The first-order chi connectivity index (χ1) is 14.7. The lowest BCUT2D eigenvalue weighted by Crippen LogP contribution is -2.22. The van der Waals surface area contributed by atoms with Gasteiger partial charge in [-0.15, -0.1) is 0 Å². The number of hydrogen-bond acceptors (Lipinski definition) is 5. The zero-order valence-electron chi connectivity index (χ0n) is 16.3. The number of nitrogens with zero attached hydrogens (tertiary/aromatic N) is 2. The van der Waals surface area contributed by atoms with Gasteiger partial charge in [0.25, 0.3) is 5.56 Å². The van der Waals surface area contributed by atoms with Crippen LogP contribution in [0.1, 0.15) is 12.5 Å². The van der Waals surface area contributed by atoms with E-state index in [1.165, 1.54) is 17.8 Å². The first kappa shape index (κ1) is 18.6. The largest absolute Gasteiger partial charge is 0.423 e. The minimum atomic E-state index is -0.382. The van der Waals surface area contributed by atoms with Gasteiger partial charge in [-0.3, -0.25) is 9.36 Å². The number of benzene rings is 3. The quantitative estimate of drug-likeness (QED) is 0.180. The molecule has 5 rings (SSSR count). The van der Waals surface area contributed by atoms with Crippen LogP contribution < -0.4 is 11.2 Å². The highest BCUT2D eigenvalue weighted by Gasteiger charge is 2.14. The molecule has 0 aliphatic heterocycles. The standard InChI is InChI=1S/C24H18N2O3S/c1-2-26-23(28)18-9-5-6-10-19(18)25-24(26)30-14-16-13-21(27)29-20-12-11-15-7-3-4-8-17(15)22(16)20/h3-13H,2,14H2,1H3. The van der Waals surface area contributed by atoms with Gasteiger partial charge < -0.3 is 4.42 Å². The number of rotatable bonds is 4. The van der Waals surface area contributed by atoms with Gasteiger partial charge in [-0.2, -0.15) is 0 Å². The van der Waals surface area contributed by atoms with Crippen LogP contribution in [0.4, 0.5) is 0 Å².